The van der Waals surface area contributed by atoms with Gasteiger partial charge in [0.2, 0.25) is 5.91 Å². The van der Waals surface area contributed by atoms with Gasteiger partial charge in [0.25, 0.3) is 0 Å². The Balaban J connectivity index is 1.61. The van der Waals surface area contributed by atoms with E-state index in [1.165, 1.54) is 18.2 Å². The number of nitrogens with one attached hydrogen (secondary N) is 1. The van der Waals surface area contributed by atoms with E-state index in [9.17, 15) is 14.4 Å². The van der Waals surface area contributed by atoms with E-state index in [0.717, 1.165) is 17.2 Å². The maximum absolute atomic E-state index is 12.2. The van der Waals surface area contributed by atoms with Gasteiger partial charge in [-0.2, -0.15) is 0 Å². The van der Waals surface area contributed by atoms with Gasteiger partial charge < -0.3 is 20.3 Å². The van der Waals surface area contributed by atoms with Crippen LogP contribution in [0.5, 0.6) is 5.75 Å². The van der Waals surface area contributed by atoms with Crippen LogP contribution in [-0.2, 0) is 11.4 Å². The largest absolute Gasteiger partial charge is 0.489 e. The highest BCUT2D eigenvalue weighted by Gasteiger charge is 2.12. The van der Waals surface area contributed by atoms with Gasteiger partial charge in [-0.25, -0.2) is 9.59 Å². The van der Waals surface area contributed by atoms with E-state index in [-0.39, 0.29) is 16.8 Å². The first-order valence-electron chi connectivity index (χ1n) is 9.28. The third kappa shape index (κ3) is 6.30. The summed E-state index contributed by atoms with van der Waals surface area (Å²) in [5.74, 6) is -2.41. The Bertz CT molecular complexity index is 1090. The molecule has 0 fully saturated rings. The van der Waals surface area contributed by atoms with Crippen LogP contribution in [0.25, 0.3) is 6.08 Å². The highest BCUT2D eigenvalue weighted by Crippen LogP contribution is 2.17. The Morgan fingerprint density at radius 1 is 0.839 bits per heavy atom. The molecule has 0 aliphatic heterocycles. The van der Waals surface area contributed by atoms with E-state index in [1.807, 2.05) is 30.3 Å². The van der Waals surface area contributed by atoms with Crippen LogP contribution in [-0.4, -0.2) is 28.1 Å². The molecule has 0 unspecified atom stereocenters. The number of anilines is 1. The zero-order valence-electron chi connectivity index (χ0n) is 16.3. The summed E-state index contributed by atoms with van der Waals surface area (Å²) >= 11 is 0. The van der Waals surface area contributed by atoms with Crippen molar-refractivity contribution < 1.29 is 29.3 Å². The lowest BCUT2D eigenvalue weighted by atomic mass is 10.1. The summed E-state index contributed by atoms with van der Waals surface area (Å²) in [6.07, 6.45) is 2.85. The molecule has 3 aromatic carbocycles. The van der Waals surface area contributed by atoms with Gasteiger partial charge in [-0.1, -0.05) is 42.5 Å². The van der Waals surface area contributed by atoms with Gasteiger partial charge in [-0.15, -0.1) is 0 Å². The average Bonchev–Trinajstić information content (AvgIpc) is 2.77. The molecule has 7 heteroatoms. The predicted molar refractivity (Wildman–Crippen MR) is 115 cm³/mol. The lowest BCUT2D eigenvalue weighted by Gasteiger charge is -2.07. The Morgan fingerprint density at radius 2 is 1.45 bits per heavy atom. The summed E-state index contributed by atoms with van der Waals surface area (Å²) in [4.78, 5) is 34.5. The molecule has 0 bridgehead atoms. The van der Waals surface area contributed by atoms with Gasteiger partial charge in [0, 0.05) is 11.8 Å². The molecular formula is C24H19NO6. The topological polar surface area (TPSA) is 113 Å². The number of hydrogen-bond acceptors (Lipinski definition) is 4. The van der Waals surface area contributed by atoms with Gasteiger partial charge >= 0.3 is 11.9 Å². The molecule has 31 heavy (non-hydrogen) atoms. The molecule has 3 rings (SSSR count). The number of carboxylic acid groups (broad SMARTS) is 2. The van der Waals surface area contributed by atoms with E-state index < -0.39 is 17.8 Å². The van der Waals surface area contributed by atoms with Crippen molar-refractivity contribution in [3.05, 3.63) is 101 Å². The highest BCUT2D eigenvalue weighted by atomic mass is 16.5. The molecule has 0 heterocycles. The molecule has 0 atom stereocenters. The fourth-order valence-electron chi connectivity index (χ4n) is 2.72. The van der Waals surface area contributed by atoms with Crippen LogP contribution in [0.15, 0.2) is 78.9 Å². The second kappa shape index (κ2) is 9.89. The zero-order valence-corrected chi connectivity index (χ0v) is 16.3. The number of carbonyl (C=O) groups excluding carboxylic acids is 1. The van der Waals surface area contributed by atoms with Crippen LogP contribution in [0.2, 0.25) is 0 Å². The van der Waals surface area contributed by atoms with E-state index >= 15 is 0 Å². The van der Waals surface area contributed by atoms with Crippen LogP contribution < -0.4 is 10.1 Å². The van der Waals surface area contributed by atoms with E-state index in [2.05, 4.69) is 5.32 Å². The second-order valence-electron chi connectivity index (χ2n) is 6.58. The average molecular weight is 417 g/mol. The van der Waals surface area contributed by atoms with Crippen molar-refractivity contribution in [3.63, 3.8) is 0 Å². The van der Waals surface area contributed by atoms with Gasteiger partial charge in [0.1, 0.15) is 12.4 Å². The number of carbonyl (C=O) groups is 3. The minimum atomic E-state index is -1.29. The summed E-state index contributed by atoms with van der Waals surface area (Å²) in [7, 11) is 0. The maximum atomic E-state index is 12.2. The standard InChI is InChI=1S/C24H19NO6/c26-22(25-20-13-18(23(27)28)12-19(14-20)24(29)30)11-8-16-6-9-21(10-7-16)31-15-17-4-2-1-3-5-17/h1-14H,15H2,(H,25,26)(H,27,28)(H,29,30)/b11-8+. The first-order valence-corrected chi connectivity index (χ1v) is 9.28. The van der Waals surface area contributed by atoms with Crippen molar-refractivity contribution in [1.29, 1.82) is 0 Å². The molecule has 0 saturated heterocycles. The number of aromatic carboxylic acids is 2. The van der Waals surface area contributed by atoms with Gasteiger partial charge in [-0.05, 0) is 47.5 Å². The Morgan fingerprint density at radius 3 is 2.03 bits per heavy atom. The molecule has 3 aromatic rings. The molecule has 156 valence electrons. The van der Waals surface area contributed by atoms with Crippen molar-refractivity contribution in [2.45, 2.75) is 6.61 Å². The van der Waals surface area contributed by atoms with E-state index in [0.29, 0.717) is 12.4 Å². The summed E-state index contributed by atoms with van der Waals surface area (Å²) in [5, 5.41) is 20.7. The quantitative estimate of drug-likeness (QED) is 0.471. The van der Waals surface area contributed by atoms with Gasteiger partial charge in [0.15, 0.2) is 0 Å². The number of hydrogen-bond donors (Lipinski definition) is 3. The highest BCUT2D eigenvalue weighted by molar-refractivity contribution is 6.04. The molecule has 3 N–H and O–H groups in total. The summed E-state index contributed by atoms with van der Waals surface area (Å²) < 4.78 is 5.71. The molecular weight excluding hydrogens is 398 g/mol. The first-order chi connectivity index (χ1) is 14.9. The number of benzene rings is 3. The third-order valence-electron chi connectivity index (χ3n) is 4.25. The molecule has 0 spiro atoms. The molecule has 7 nitrogen and oxygen atoms in total. The SMILES string of the molecule is O=C(/C=C/c1ccc(OCc2ccccc2)cc1)Nc1cc(C(=O)O)cc(C(=O)O)c1. The Kier molecular flexibility index (Phi) is 6.80. The van der Waals surface area contributed by atoms with Crippen LogP contribution in [0.3, 0.4) is 0 Å². The third-order valence-corrected chi connectivity index (χ3v) is 4.25. The first kappa shape index (κ1) is 21.3. The molecule has 1 amide bonds. The summed E-state index contributed by atoms with van der Waals surface area (Å²) in [6, 6.07) is 20.3. The van der Waals surface area contributed by atoms with Crippen LogP contribution in [0, 0.1) is 0 Å². The van der Waals surface area contributed by atoms with Gasteiger partial charge in [0.05, 0.1) is 11.1 Å². The molecule has 0 aliphatic carbocycles. The molecule has 0 radical (unpaired) electrons. The number of amides is 1. The minimum absolute atomic E-state index is 0.0802. The number of carboxylic acids is 2. The number of rotatable bonds is 8. The van der Waals surface area contributed by atoms with Gasteiger partial charge in [-0.3, -0.25) is 4.79 Å². The Labute approximate surface area is 178 Å². The monoisotopic (exact) mass is 417 g/mol. The lowest BCUT2D eigenvalue weighted by Crippen LogP contribution is -2.10. The zero-order chi connectivity index (χ0) is 22.2. The van der Waals surface area contributed by atoms with Crippen LogP contribution in [0.1, 0.15) is 31.8 Å². The fraction of sp³-hybridized carbons (Fsp3) is 0.0417. The smallest absolute Gasteiger partial charge is 0.335 e. The van der Waals surface area contributed by atoms with Crippen LogP contribution in [0.4, 0.5) is 5.69 Å². The minimum Gasteiger partial charge on any atom is -0.489 e. The van der Waals surface area contributed by atoms with Crippen LogP contribution >= 0.6 is 0 Å². The van der Waals surface area contributed by atoms with Crippen molar-refractivity contribution in [2.24, 2.45) is 0 Å². The molecule has 0 aliphatic rings. The van der Waals surface area contributed by atoms with Crippen molar-refractivity contribution in [3.8, 4) is 5.75 Å². The Hall–Kier alpha value is -4.39. The van der Waals surface area contributed by atoms with Crippen molar-refractivity contribution in [1.82, 2.24) is 0 Å². The normalized spacial score (nSPS) is 10.6. The molecule has 0 saturated carbocycles. The fourth-order valence-corrected chi connectivity index (χ4v) is 2.72. The van der Waals surface area contributed by atoms with E-state index in [4.69, 9.17) is 14.9 Å². The molecule has 0 aromatic heterocycles. The van der Waals surface area contributed by atoms with E-state index in [1.54, 1.807) is 30.3 Å². The maximum Gasteiger partial charge on any atom is 0.335 e. The number of ether oxygens (including phenoxy) is 1. The lowest BCUT2D eigenvalue weighted by molar-refractivity contribution is -0.111. The second-order valence-corrected chi connectivity index (χ2v) is 6.58. The van der Waals surface area contributed by atoms with Crippen molar-refractivity contribution in [2.75, 3.05) is 5.32 Å². The summed E-state index contributed by atoms with van der Waals surface area (Å²) in [6.45, 7) is 0.451. The summed E-state index contributed by atoms with van der Waals surface area (Å²) in [5.41, 5.74) is 1.43. The van der Waals surface area contributed by atoms with Crippen molar-refractivity contribution >= 4 is 29.6 Å². The predicted octanol–water partition coefficient (Wildman–Crippen LogP) is 4.31.